The van der Waals surface area contributed by atoms with E-state index in [9.17, 15) is 0 Å². The third-order valence-corrected chi connectivity index (χ3v) is 3.76. The van der Waals surface area contributed by atoms with Crippen molar-refractivity contribution in [2.45, 2.75) is 46.8 Å². The Morgan fingerprint density at radius 1 is 1.32 bits per heavy atom. The highest BCUT2D eigenvalue weighted by Crippen LogP contribution is 2.19. The fourth-order valence-electron chi connectivity index (χ4n) is 1.86. The van der Waals surface area contributed by atoms with E-state index in [4.69, 9.17) is 4.74 Å². The van der Waals surface area contributed by atoms with Crippen molar-refractivity contribution < 1.29 is 4.74 Å². The van der Waals surface area contributed by atoms with Crippen molar-refractivity contribution in [3.63, 3.8) is 0 Å². The molecule has 0 spiro atoms. The lowest BCUT2D eigenvalue weighted by Crippen LogP contribution is -2.11. The zero-order valence-electron chi connectivity index (χ0n) is 12.3. The molecule has 2 nitrogen and oxygen atoms in total. The molecule has 0 aromatic heterocycles. The zero-order chi connectivity index (χ0) is 14.1. The van der Waals surface area contributed by atoms with Crippen LogP contribution in [0.25, 0.3) is 0 Å². The molecule has 0 unspecified atom stereocenters. The Morgan fingerprint density at radius 3 is 2.74 bits per heavy atom. The van der Waals surface area contributed by atoms with Crippen LogP contribution in [-0.2, 0) is 17.9 Å². The van der Waals surface area contributed by atoms with Gasteiger partial charge in [0.05, 0.1) is 6.61 Å². The number of benzene rings is 1. The summed E-state index contributed by atoms with van der Waals surface area (Å²) in [5.74, 6) is 0.765. The van der Waals surface area contributed by atoms with Gasteiger partial charge in [0.1, 0.15) is 0 Å². The lowest BCUT2D eigenvalue weighted by Gasteiger charge is -2.09. The van der Waals surface area contributed by atoms with E-state index in [1.54, 1.807) is 0 Å². The first-order valence-corrected chi connectivity index (χ1v) is 7.98. The second-order valence-corrected chi connectivity index (χ2v) is 6.15. The minimum atomic E-state index is 0.695. The van der Waals surface area contributed by atoms with E-state index in [2.05, 4.69) is 60.2 Å². The molecular formula is C16H26BrNO. The van der Waals surface area contributed by atoms with Gasteiger partial charge in [-0.1, -0.05) is 48.8 Å². The largest absolute Gasteiger partial charge is 0.377 e. The van der Waals surface area contributed by atoms with Crippen LogP contribution in [0.15, 0.2) is 22.7 Å². The van der Waals surface area contributed by atoms with Crippen molar-refractivity contribution in [3.05, 3.63) is 33.8 Å². The maximum Gasteiger partial charge on any atom is 0.0727 e. The first kappa shape index (κ1) is 16.7. The highest BCUT2D eigenvalue weighted by molar-refractivity contribution is 9.10. The molecule has 108 valence electrons. The van der Waals surface area contributed by atoms with Crippen LogP contribution in [0, 0.1) is 5.92 Å². The van der Waals surface area contributed by atoms with Gasteiger partial charge < -0.3 is 10.1 Å². The third kappa shape index (κ3) is 7.09. The molecule has 0 radical (unpaired) electrons. The van der Waals surface area contributed by atoms with Crippen LogP contribution in [0.4, 0.5) is 0 Å². The molecule has 3 heteroatoms. The summed E-state index contributed by atoms with van der Waals surface area (Å²) < 4.78 is 6.87. The molecule has 1 aromatic rings. The molecule has 0 atom stereocenters. The highest BCUT2D eigenvalue weighted by atomic mass is 79.9. The fraction of sp³-hybridized carbons (Fsp3) is 0.625. The second-order valence-electron chi connectivity index (χ2n) is 5.29. The fourth-order valence-corrected chi connectivity index (χ4v) is 2.40. The Labute approximate surface area is 126 Å². The summed E-state index contributed by atoms with van der Waals surface area (Å²) in [6.45, 7) is 10.1. The predicted molar refractivity (Wildman–Crippen MR) is 85.3 cm³/mol. The van der Waals surface area contributed by atoms with Gasteiger partial charge in [0.2, 0.25) is 0 Å². The van der Waals surface area contributed by atoms with Crippen LogP contribution in [0.1, 0.15) is 44.7 Å². The maximum atomic E-state index is 5.73. The Morgan fingerprint density at radius 2 is 2.11 bits per heavy atom. The minimum absolute atomic E-state index is 0.695. The van der Waals surface area contributed by atoms with Gasteiger partial charge >= 0.3 is 0 Å². The quantitative estimate of drug-likeness (QED) is 0.673. The van der Waals surface area contributed by atoms with Crippen LogP contribution < -0.4 is 5.32 Å². The number of hydrogen-bond donors (Lipinski definition) is 1. The van der Waals surface area contributed by atoms with E-state index in [1.165, 1.54) is 17.5 Å². The van der Waals surface area contributed by atoms with Crippen molar-refractivity contribution in [1.82, 2.24) is 5.32 Å². The molecule has 1 aromatic carbocycles. The van der Waals surface area contributed by atoms with Crippen LogP contribution in [0.2, 0.25) is 0 Å². The first-order valence-electron chi connectivity index (χ1n) is 7.19. The summed E-state index contributed by atoms with van der Waals surface area (Å²) >= 11 is 3.62. The highest BCUT2D eigenvalue weighted by Gasteiger charge is 2.02. The summed E-state index contributed by atoms with van der Waals surface area (Å²) in [6, 6.07) is 6.49. The molecule has 19 heavy (non-hydrogen) atoms. The Kier molecular flexibility index (Phi) is 8.35. The standard InChI is InChI=1S/C16H26BrNO/c1-4-18-11-14-7-8-15(16(17)10-14)12-19-9-5-6-13(2)3/h7-8,10,13,18H,4-6,9,11-12H2,1-3H3. The molecule has 1 N–H and O–H groups in total. The van der Waals surface area contributed by atoms with Crippen molar-refractivity contribution in [3.8, 4) is 0 Å². The van der Waals surface area contributed by atoms with E-state index in [0.29, 0.717) is 6.61 Å². The summed E-state index contributed by atoms with van der Waals surface area (Å²) in [5.41, 5.74) is 2.53. The topological polar surface area (TPSA) is 21.3 Å². The first-order chi connectivity index (χ1) is 9.13. The van der Waals surface area contributed by atoms with Gasteiger partial charge in [-0.2, -0.15) is 0 Å². The van der Waals surface area contributed by atoms with Crippen molar-refractivity contribution in [2.75, 3.05) is 13.2 Å². The molecule has 0 aliphatic heterocycles. The normalized spacial score (nSPS) is 11.2. The van der Waals surface area contributed by atoms with Crippen molar-refractivity contribution >= 4 is 15.9 Å². The van der Waals surface area contributed by atoms with Gasteiger partial charge in [0, 0.05) is 17.6 Å². The monoisotopic (exact) mass is 327 g/mol. The Balaban J connectivity index is 2.33. The molecule has 0 aliphatic carbocycles. The van der Waals surface area contributed by atoms with Crippen molar-refractivity contribution in [1.29, 1.82) is 0 Å². The molecule has 0 amide bonds. The second kappa shape index (κ2) is 9.51. The molecular weight excluding hydrogens is 302 g/mol. The summed E-state index contributed by atoms with van der Waals surface area (Å²) in [6.07, 6.45) is 2.39. The van der Waals surface area contributed by atoms with E-state index in [1.807, 2.05) is 0 Å². The molecule has 0 aliphatic rings. The summed E-state index contributed by atoms with van der Waals surface area (Å²) in [5, 5.41) is 3.33. The lowest BCUT2D eigenvalue weighted by atomic mass is 10.1. The van der Waals surface area contributed by atoms with E-state index >= 15 is 0 Å². The van der Waals surface area contributed by atoms with Crippen LogP contribution in [0.3, 0.4) is 0 Å². The molecule has 0 fully saturated rings. The summed E-state index contributed by atoms with van der Waals surface area (Å²) in [7, 11) is 0. The van der Waals surface area contributed by atoms with Gasteiger partial charge in [-0.15, -0.1) is 0 Å². The average Bonchev–Trinajstić information content (AvgIpc) is 2.37. The molecule has 1 rings (SSSR count). The minimum Gasteiger partial charge on any atom is -0.377 e. The number of halogens is 1. The molecule has 0 saturated heterocycles. The Hall–Kier alpha value is -0.380. The van der Waals surface area contributed by atoms with E-state index < -0.39 is 0 Å². The Bertz CT molecular complexity index is 366. The maximum absolute atomic E-state index is 5.73. The van der Waals surface area contributed by atoms with Crippen LogP contribution in [0.5, 0.6) is 0 Å². The predicted octanol–water partition coefficient (Wildman–Crippen LogP) is 4.51. The lowest BCUT2D eigenvalue weighted by molar-refractivity contribution is 0.114. The third-order valence-electron chi connectivity index (χ3n) is 3.02. The van der Waals surface area contributed by atoms with Gasteiger partial charge in [0.15, 0.2) is 0 Å². The van der Waals surface area contributed by atoms with Gasteiger partial charge in [-0.3, -0.25) is 0 Å². The molecule has 0 saturated carbocycles. The number of rotatable bonds is 9. The van der Waals surface area contributed by atoms with Gasteiger partial charge in [0.25, 0.3) is 0 Å². The molecule has 0 heterocycles. The number of hydrogen-bond acceptors (Lipinski definition) is 2. The van der Waals surface area contributed by atoms with Crippen LogP contribution in [-0.4, -0.2) is 13.2 Å². The van der Waals surface area contributed by atoms with Gasteiger partial charge in [-0.05, 0) is 42.5 Å². The summed E-state index contributed by atoms with van der Waals surface area (Å²) in [4.78, 5) is 0. The SMILES string of the molecule is CCNCc1ccc(COCCCC(C)C)c(Br)c1. The van der Waals surface area contributed by atoms with Gasteiger partial charge in [-0.25, -0.2) is 0 Å². The van der Waals surface area contributed by atoms with Crippen molar-refractivity contribution in [2.24, 2.45) is 5.92 Å². The van der Waals surface area contributed by atoms with Crippen LogP contribution >= 0.6 is 15.9 Å². The van der Waals surface area contributed by atoms with E-state index in [0.717, 1.165) is 36.5 Å². The molecule has 0 bridgehead atoms. The average molecular weight is 328 g/mol. The van der Waals surface area contributed by atoms with E-state index in [-0.39, 0.29) is 0 Å². The smallest absolute Gasteiger partial charge is 0.0727 e. The zero-order valence-corrected chi connectivity index (χ0v) is 13.9. The number of ether oxygens (including phenoxy) is 1. The number of nitrogens with one attached hydrogen (secondary N) is 1.